The summed E-state index contributed by atoms with van der Waals surface area (Å²) in [6.07, 6.45) is 12.6. The molecule has 3 heterocycles. The van der Waals surface area contributed by atoms with Gasteiger partial charge in [0.2, 0.25) is 0 Å². The summed E-state index contributed by atoms with van der Waals surface area (Å²) >= 11 is 0. The molecule has 3 fully saturated rings. The lowest BCUT2D eigenvalue weighted by Crippen LogP contribution is -2.37. The number of hydrogen-bond donors (Lipinski definition) is 0. The van der Waals surface area contributed by atoms with Crippen LogP contribution in [0.4, 0.5) is 0 Å². The van der Waals surface area contributed by atoms with E-state index in [1.807, 2.05) is 6.92 Å². The number of rotatable bonds is 2. The summed E-state index contributed by atoms with van der Waals surface area (Å²) < 4.78 is 15.6. The third kappa shape index (κ3) is 2.23. The van der Waals surface area contributed by atoms with Crippen LogP contribution in [-0.2, 0) is 9.47 Å². The number of ether oxygens (including phenoxy) is 2. The Morgan fingerprint density at radius 2 is 2.04 bits per heavy atom. The number of aromatic nitrogens is 3. The molecule has 1 saturated heterocycles. The molecule has 138 valence electrons. The van der Waals surface area contributed by atoms with Crippen LogP contribution in [0.5, 0.6) is 0 Å². The van der Waals surface area contributed by atoms with E-state index < -0.39 is 0 Å². The zero-order valence-electron chi connectivity index (χ0n) is 15.6. The molecule has 2 aliphatic carbocycles. The molecule has 26 heavy (non-hydrogen) atoms. The number of nitrogens with zero attached hydrogens (tertiary/aromatic N) is 3. The van der Waals surface area contributed by atoms with Gasteiger partial charge in [0.1, 0.15) is 18.1 Å². The highest BCUT2D eigenvalue weighted by Crippen LogP contribution is 2.56. The van der Waals surface area contributed by atoms with Crippen molar-refractivity contribution in [2.24, 2.45) is 5.41 Å². The Bertz CT molecular complexity index is 854. The van der Waals surface area contributed by atoms with Crippen molar-refractivity contribution in [2.75, 3.05) is 0 Å². The number of hydrogen-bond acceptors (Lipinski definition) is 4. The van der Waals surface area contributed by atoms with Crippen LogP contribution in [0, 0.1) is 12.3 Å². The van der Waals surface area contributed by atoms with E-state index in [0.29, 0.717) is 0 Å². The summed E-state index contributed by atoms with van der Waals surface area (Å²) in [5, 5.41) is 1.11. The van der Waals surface area contributed by atoms with Gasteiger partial charge in [-0.05, 0) is 32.3 Å². The maximum atomic E-state index is 6.69. The van der Waals surface area contributed by atoms with Crippen LogP contribution >= 0.6 is 0 Å². The molecule has 5 nitrogen and oxygen atoms in total. The van der Waals surface area contributed by atoms with Gasteiger partial charge in [-0.2, -0.15) is 0 Å². The maximum Gasteiger partial charge on any atom is 0.169 e. The SMILES string of the molecule is C=C[C@@]1(C)C[C@@H](n2ccc3c(C)ncnc32)[C@@H]2OC3(CCCCC3)O[C@@H]21. The second kappa shape index (κ2) is 5.64. The van der Waals surface area contributed by atoms with E-state index in [1.165, 1.54) is 19.3 Å². The molecule has 1 aliphatic heterocycles. The molecule has 0 amide bonds. The third-order valence-corrected chi connectivity index (χ3v) is 6.82. The van der Waals surface area contributed by atoms with Crippen LogP contribution in [-0.4, -0.2) is 32.5 Å². The van der Waals surface area contributed by atoms with Crippen molar-refractivity contribution in [3.8, 4) is 0 Å². The molecule has 0 bridgehead atoms. The minimum Gasteiger partial charge on any atom is -0.343 e. The molecule has 5 rings (SSSR count). The summed E-state index contributed by atoms with van der Waals surface area (Å²) in [6, 6.07) is 2.33. The van der Waals surface area contributed by atoms with Crippen molar-refractivity contribution >= 4 is 11.0 Å². The van der Waals surface area contributed by atoms with Gasteiger partial charge in [0.25, 0.3) is 0 Å². The first-order chi connectivity index (χ1) is 12.6. The Labute approximate surface area is 154 Å². The quantitative estimate of drug-likeness (QED) is 0.755. The van der Waals surface area contributed by atoms with E-state index in [4.69, 9.17) is 9.47 Å². The van der Waals surface area contributed by atoms with Crippen molar-refractivity contribution in [3.05, 3.63) is 36.9 Å². The van der Waals surface area contributed by atoms with E-state index in [2.05, 4.69) is 46.4 Å². The fourth-order valence-electron chi connectivity index (χ4n) is 5.26. The molecule has 2 saturated carbocycles. The monoisotopic (exact) mass is 353 g/mol. The lowest BCUT2D eigenvalue weighted by atomic mass is 9.86. The number of aryl methyl sites for hydroxylation is 1. The van der Waals surface area contributed by atoms with Gasteiger partial charge in [-0.1, -0.05) is 19.4 Å². The van der Waals surface area contributed by atoms with Gasteiger partial charge in [0.15, 0.2) is 5.79 Å². The summed E-state index contributed by atoms with van der Waals surface area (Å²) in [7, 11) is 0. The van der Waals surface area contributed by atoms with E-state index in [9.17, 15) is 0 Å². The molecule has 3 aliphatic rings. The van der Waals surface area contributed by atoms with Crippen molar-refractivity contribution in [1.82, 2.24) is 14.5 Å². The van der Waals surface area contributed by atoms with Crippen LogP contribution in [0.1, 0.15) is 57.2 Å². The van der Waals surface area contributed by atoms with E-state index in [-0.39, 0.29) is 29.5 Å². The van der Waals surface area contributed by atoms with Gasteiger partial charge in [-0.3, -0.25) is 0 Å². The number of fused-ring (bicyclic) bond motifs is 2. The predicted molar refractivity (Wildman–Crippen MR) is 99.8 cm³/mol. The lowest BCUT2D eigenvalue weighted by molar-refractivity contribution is -0.208. The highest BCUT2D eigenvalue weighted by molar-refractivity contribution is 5.78. The van der Waals surface area contributed by atoms with Crippen LogP contribution in [0.2, 0.25) is 0 Å². The van der Waals surface area contributed by atoms with Crippen LogP contribution in [0.15, 0.2) is 31.2 Å². The summed E-state index contributed by atoms with van der Waals surface area (Å²) in [5.41, 5.74) is 1.92. The predicted octanol–water partition coefficient (Wildman–Crippen LogP) is 4.32. The first-order valence-electron chi connectivity index (χ1n) is 9.83. The minimum atomic E-state index is -0.385. The van der Waals surface area contributed by atoms with Gasteiger partial charge in [0.05, 0.1) is 17.8 Å². The van der Waals surface area contributed by atoms with Crippen molar-refractivity contribution in [3.63, 3.8) is 0 Å². The Hall–Kier alpha value is -1.72. The second-order valence-corrected chi connectivity index (χ2v) is 8.49. The topological polar surface area (TPSA) is 49.2 Å². The van der Waals surface area contributed by atoms with E-state index in [0.717, 1.165) is 36.0 Å². The van der Waals surface area contributed by atoms with Gasteiger partial charge >= 0.3 is 0 Å². The maximum absolute atomic E-state index is 6.69. The Morgan fingerprint density at radius 1 is 1.23 bits per heavy atom. The summed E-state index contributed by atoms with van der Waals surface area (Å²) in [6.45, 7) is 8.42. The average Bonchev–Trinajstić information content (AvgIpc) is 3.30. The second-order valence-electron chi connectivity index (χ2n) is 8.49. The van der Waals surface area contributed by atoms with Crippen LogP contribution < -0.4 is 0 Å². The molecule has 2 aromatic rings. The zero-order valence-corrected chi connectivity index (χ0v) is 15.6. The molecule has 2 aromatic heterocycles. The van der Waals surface area contributed by atoms with Crippen molar-refractivity contribution in [1.29, 1.82) is 0 Å². The largest absolute Gasteiger partial charge is 0.343 e. The first-order valence-corrected chi connectivity index (χ1v) is 9.83. The van der Waals surface area contributed by atoms with Crippen LogP contribution in [0.25, 0.3) is 11.0 Å². The average molecular weight is 353 g/mol. The molecule has 0 radical (unpaired) electrons. The van der Waals surface area contributed by atoms with Gasteiger partial charge in [-0.25, -0.2) is 9.97 Å². The molecular formula is C21H27N3O2. The molecule has 0 unspecified atom stereocenters. The standard InChI is InChI=1S/C21H27N3O2/c1-4-20(3)12-16(24-11-8-15-14(2)22-13-23-19(15)24)17-18(20)26-21(25-17)9-6-5-7-10-21/h4,8,11,13,16-18H,1,5-7,9-10,12H2,2-3H3/t16-,17+,18+,20+/m1/s1. The van der Waals surface area contributed by atoms with E-state index in [1.54, 1.807) is 6.33 Å². The summed E-state index contributed by atoms with van der Waals surface area (Å²) in [5.74, 6) is -0.385. The molecule has 1 spiro atoms. The van der Waals surface area contributed by atoms with E-state index >= 15 is 0 Å². The molecular weight excluding hydrogens is 326 g/mol. The molecule has 0 N–H and O–H groups in total. The lowest BCUT2D eigenvalue weighted by Gasteiger charge is -2.35. The fraction of sp³-hybridized carbons (Fsp3) is 0.619. The van der Waals surface area contributed by atoms with Gasteiger partial charge in [-0.15, -0.1) is 6.58 Å². The fourth-order valence-corrected chi connectivity index (χ4v) is 5.26. The smallest absolute Gasteiger partial charge is 0.169 e. The van der Waals surface area contributed by atoms with Gasteiger partial charge < -0.3 is 14.0 Å². The van der Waals surface area contributed by atoms with Crippen molar-refractivity contribution < 1.29 is 9.47 Å². The Morgan fingerprint density at radius 3 is 2.81 bits per heavy atom. The van der Waals surface area contributed by atoms with Gasteiger partial charge in [0, 0.05) is 29.8 Å². The first kappa shape index (κ1) is 16.5. The Kier molecular flexibility index (Phi) is 3.57. The summed E-state index contributed by atoms with van der Waals surface area (Å²) in [4.78, 5) is 8.90. The normalized spacial score (nSPS) is 35.8. The molecule has 5 heteroatoms. The van der Waals surface area contributed by atoms with Crippen molar-refractivity contribution in [2.45, 2.75) is 76.4 Å². The zero-order chi connectivity index (χ0) is 17.9. The minimum absolute atomic E-state index is 0.0435. The molecule has 0 aromatic carbocycles. The van der Waals surface area contributed by atoms with Crippen LogP contribution in [0.3, 0.4) is 0 Å². The highest BCUT2D eigenvalue weighted by Gasteiger charge is 2.61. The Balaban J connectivity index is 1.57. The molecule has 4 atom stereocenters. The third-order valence-electron chi connectivity index (χ3n) is 6.82. The highest BCUT2D eigenvalue weighted by atomic mass is 16.8.